The molecule has 0 N–H and O–H groups in total. The van der Waals surface area contributed by atoms with Crippen molar-refractivity contribution in [3.8, 4) is 11.5 Å². The Labute approximate surface area is 235 Å². The summed E-state index contributed by atoms with van der Waals surface area (Å²) in [6.45, 7) is 8.32. The Kier molecular flexibility index (Phi) is 6.84. The summed E-state index contributed by atoms with van der Waals surface area (Å²) in [6.07, 6.45) is 4.96. The van der Waals surface area contributed by atoms with Crippen LogP contribution in [0.25, 0.3) is 11.0 Å². The molecule has 0 saturated heterocycles. The van der Waals surface area contributed by atoms with Crippen LogP contribution in [0.2, 0.25) is 0 Å². The molecular weight excluding hydrogens is 619 g/mol. The highest BCUT2D eigenvalue weighted by molar-refractivity contribution is 14.1. The van der Waals surface area contributed by atoms with Crippen molar-refractivity contribution in [3.05, 3.63) is 75.4 Å². The summed E-state index contributed by atoms with van der Waals surface area (Å²) >= 11 is 2.09. The van der Waals surface area contributed by atoms with E-state index in [-0.39, 0.29) is 16.6 Å². The van der Waals surface area contributed by atoms with Gasteiger partial charge in [-0.2, -0.15) is 0 Å². The number of carbonyl (C=O) groups excluding carboxylic acids is 1. The van der Waals surface area contributed by atoms with Crippen molar-refractivity contribution < 1.29 is 22.7 Å². The second kappa shape index (κ2) is 9.84. The smallest absolute Gasteiger partial charge is 0.410 e. The van der Waals surface area contributed by atoms with Gasteiger partial charge in [-0.1, -0.05) is 17.7 Å². The van der Waals surface area contributed by atoms with Crippen molar-refractivity contribution in [1.82, 2.24) is 18.8 Å². The van der Waals surface area contributed by atoms with Gasteiger partial charge in [0.25, 0.3) is 10.0 Å². The first-order valence-electron chi connectivity index (χ1n) is 12.0. The lowest BCUT2D eigenvalue weighted by Gasteiger charge is -2.30. The fraction of sp³-hybridized carbons (Fsp3) is 0.296. The van der Waals surface area contributed by atoms with Crippen LogP contribution in [0.3, 0.4) is 0 Å². The highest BCUT2D eigenvalue weighted by Crippen LogP contribution is 2.35. The van der Waals surface area contributed by atoms with Gasteiger partial charge in [0, 0.05) is 34.6 Å². The van der Waals surface area contributed by atoms with Gasteiger partial charge in [0.2, 0.25) is 0 Å². The molecule has 0 radical (unpaired) electrons. The molecule has 0 saturated carbocycles. The van der Waals surface area contributed by atoms with Gasteiger partial charge >= 0.3 is 6.09 Å². The van der Waals surface area contributed by atoms with Crippen LogP contribution in [-0.2, 0) is 27.7 Å². The van der Waals surface area contributed by atoms with Crippen molar-refractivity contribution >= 4 is 49.7 Å². The lowest BCUT2D eigenvalue weighted by atomic mass is 10.1. The first-order chi connectivity index (χ1) is 17.9. The molecule has 38 heavy (non-hydrogen) atoms. The number of hydrogen-bond acceptors (Lipinski definition) is 7. The molecule has 1 aliphatic rings. The molecule has 1 aromatic carbocycles. The average Bonchev–Trinajstić information content (AvgIpc) is 3.21. The number of halogens is 1. The van der Waals surface area contributed by atoms with Crippen LogP contribution < -0.4 is 4.74 Å². The van der Waals surface area contributed by atoms with E-state index in [9.17, 15) is 13.2 Å². The minimum absolute atomic E-state index is 0.179. The van der Waals surface area contributed by atoms with E-state index in [1.807, 2.05) is 33.8 Å². The van der Waals surface area contributed by atoms with Crippen molar-refractivity contribution in [3.63, 3.8) is 0 Å². The molecule has 0 bridgehead atoms. The molecule has 4 heterocycles. The zero-order valence-electron chi connectivity index (χ0n) is 21.4. The van der Waals surface area contributed by atoms with Gasteiger partial charge in [0.15, 0.2) is 5.65 Å². The maximum Gasteiger partial charge on any atom is 0.410 e. The van der Waals surface area contributed by atoms with Gasteiger partial charge in [-0.3, -0.25) is 4.98 Å². The Morgan fingerprint density at radius 3 is 2.55 bits per heavy atom. The Balaban J connectivity index is 1.45. The van der Waals surface area contributed by atoms with E-state index >= 15 is 0 Å². The van der Waals surface area contributed by atoms with E-state index in [4.69, 9.17) is 9.47 Å². The maximum absolute atomic E-state index is 13.4. The first-order valence-corrected chi connectivity index (χ1v) is 14.6. The number of aromatic nitrogens is 3. The monoisotopic (exact) mass is 646 g/mol. The summed E-state index contributed by atoms with van der Waals surface area (Å²) in [5, 5.41) is 0.580. The standard InChI is InChI=1S/C27H27IN4O5S/c1-17-5-7-20(8-6-17)38(34,35)32-16-21(28)24-23(9-11-29-25(24)32)36-19-13-18-15-31(12-10-22(18)30-14-19)26(33)37-27(2,3)4/h5-9,11,13-14,16H,10,12,15H2,1-4H3. The van der Waals surface area contributed by atoms with Crippen molar-refractivity contribution in [2.75, 3.05) is 6.54 Å². The molecule has 0 aliphatic carbocycles. The predicted molar refractivity (Wildman–Crippen MR) is 151 cm³/mol. The van der Waals surface area contributed by atoms with Crippen LogP contribution in [-0.4, -0.2) is 45.5 Å². The third kappa shape index (κ3) is 5.21. The van der Waals surface area contributed by atoms with Crippen LogP contribution in [0.5, 0.6) is 11.5 Å². The van der Waals surface area contributed by atoms with Gasteiger partial charge in [-0.15, -0.1) is 0 Å². The van der Waals surface area contributed by atoms with E-state index in [2.05, 4.69) is 32.6 Å². The minimum Gasteiger partial charge on any atom is -0.455 e. The third-order valence-electron chi connectivity index (χ3n) is 6.04. The number of rotatable bonds is 4. The summed E-state index contributed by atoms with van der Waals surface area (Å²) in [7, 11) is -3.86. The average molecular weight is 647 g/mol. The number of pyridine rings is 2. The lowest BCUT2D eigenvalue weighted by Crippen LogP contribution is -2.40. The van der Waals surface area contributed by atoms with E-state index in [1.165, 1.54) is 10.2 Å². The van der Waals surface area contributed by atoms with Crippen molar-refractivity contribution in [2.45, 2.75) is 51.2 Å². The zero-order valence-corrected chi connectivity index (χ0v) is 24.4. The highest BCUT2D eigenvalue weighted by atomic mass is 127. The van der Waals surface area contributed by atoms with Crippen LogP contribution in [0.15, 0.2) is 59.9 Å². The summed E-state index contributed by atoms with van der Waals surface area (Å²) in [5.74, 6) is 0.936. The second-order valence-electron chi connectivity index (χ2n) is 10.1. The molecule has 11 heteroatoms. The van der Waals surface area contributed by atoms with E-state index < -0.39 is 15.6 Å². The lowest BCUT2D eigenvalue weighted by molar-refractivity contribution is 0.0222. The molecule has 0 unspecified atom stereocenters. The number of benzene rings is 1. The van der Waals surface area contributed by atoms with E-state index in [0.717, 1.165) is 16.8 Å². The molecule has 198 valence electrons. The summed E-state index contributed by atoms with van der Waals surface area (Å²) in [6, 6.07) is 10.3. The van der Waals surface area contributed by atoms with Crippen LogP contribution in [0.1, 0.15) is 37.6 Å². The van der Waals surface area contributed by atoms with Gasteiger partial charge in [-0.05, 0) is 80.1 Å². The van der Waals surface area contributed by atoms with E-state index in [1.54, 1.807) is 47.6 Å². The zero-order chi connectivity index (χ0) is 27.2. The van der Waals surface area contributed by atoms with Crippen LogP contribution >= 0.6 is 22.6 Å². The predicted octanol–water partition coefficient (Wildman–Crippen LogP) is 5.67. The number of fused-ring (bicyclic) bond motifs is 2. The summed E-state index contributed by atoms with van der Waals surface area (Å²) in [4.78, 5) is 23.3. The maximum atomic E-state index is 13.4. The molecule has 9 nitrogen and oxygen atoms in total. The normalized spacial score (nSPS) is 13.9. The SMILES string of the molecule is Cc1ccc(S(=O)(=O)n2cc(I)c3c(Oc4cnc5c(c4)CN(C(=O)OC(C)(C)C)CC5)ccnc32)cc1. The minimum atomic E-state index is -3.86. The van der Waals surface area contributed by atoms with Crippen LogP contribution in [0, 0.1) is 10.5 Å². The van der Waals surface area contributed by atoms with Crippen molar-refractivity contribution in [2.24, 2.45) is 0 Å². The van der Waals surface area contributed by atoms with Crippen molar-refractivity contribution in [1.29, 1.82) is 0 Å². The molecule has 4 aromatic rings. The number of carbonyl (C=O) groups is 1. The number of nitrogens with zero attached hydrogens (tertiary/aromatic N) is 4. The second-order valence-corrected chi connectivity index (χ2v) is 13.1. The fourth-order valence-corrected chi connectivity index (χ4v) is 6.51. The van der Waals surface area contributed by atoms with Gasteiger partial charge in [0.1, 0.15) is 17.1 Å². The molecule has 1 amide bonds. The molecule has 0 spiro atoms. The molecule has 3 aromatic heterocycles. The quantitative estimate of drug-likeness (QED) is 0.264. The number of amides is 1. The Hall–Kier alpha value is -3.19. The highest BCUT2D eigenvalue weighted by Gasteiger charge is 2.27. The Bertz CT molecular complexity index is 1640. The van der Waals surface area contributed by atoms with Crippen LogP contribution in [0.4, 0.5) is 4.79 Å². The third-order valence-corrected chi connectivity index (χ3v) is 8.52. The molecule has 1 aliphatic heterocycles. The number of ether oxygens (including phenoxy) is 2. The molecular formula is C27H27IN4O5S. The van der Waals surface area contributed by atoms with Gasteiger partial charge < -0.3 is 14.4 Å². The fourth-order valence-electron chi connectivity index (χ4n) is 4.22. The summed E-state index contributed by atoms with van der Waals surface area (Å²) < 4.78 is 40.4. The molecule has 5 rings (SSSR count). The van der Waals surface area contributed by atoms with Gasteiger partial charge in [-0.25, -0.2) is 22.2 Å². The largest absolute Gasteiger partial charge is 0.455 e. The molecule has 0 fully saturated rings. The van der Waals surface area contributed by atoms with E-state index in [0.29, 0.717) is 40.0 Å². The Morgan fingerprint density at radius 2 is 1.84 bits per heavy atom. The molecule has 0 atom stereocenters. The number of aryl methyl sites for hydroxylation is 1. The Morgan fingerprint density at radius 1 is 1.11 bits per heavy atom. The van der Waals surface area contributed by atoms with Gasteiger partial charge in [0.05, 0.1) is 23.0 Å². The number of hydrogen-bond donors (Lipinski definition) is 0. The summed E-state index contributed by atoms with van der Waals surface area (Å²) in [5.41, 5.74) is 2.45. The topological polar surface area (TPSA) is 104 Å². The first kappa shape index (κ1) is 26.4.